The Morgan fingerprint density at radius 3 is 1.83 bits per heavy atom. The van der Waals surface area contributed by atoms with Crippen molar-refractivity contribution in [3.05, 3.63) is 157 Å². The van der Waals surface area contributed by atoms with Crippen LogP contribution in [0.15, 0.2) is 146 Å². The summed E-state index contributed by atoms with van der Waals surface area (Å²) in [6.45, 7) is 4.66. The van der Waals surface area contributed by atoms with Crippen LogP contribution in [0.5, 0.6) is 0 Å². The van der Waals surface area contributed by atoms with Crippen molar-refractivity contribution in [1.29, 1.82) is 0 Å². The third-order valence-corrected chi connectivity index (χ3v) is 9.48. The molecule has 9 rings (SSSR count). The molecule has 2 heterocycles. The van der Waals surface area contributed by atoms with Crippen LogP contribution < -0.4 is 0 Å². The molecular weight excluding hydrogens is 560 g/mol. The molecule has 0 spiro atoms. The summed E-state index contributed by atoms with van der Waals surface area (Å²) >= 11 is 0. The fourth-order valence-electron chi connectivity index (χ4n) is 7.23. The fraction of sp³-hybridized carbons (Fsp3) is 0.0714. The van der Waals surface area contributed by atoms with Gasteiger partial charge in [0.15, 0.2) is 11.6 Å². The predicted molar refractivity (Wildman–Crippen MR) is 188 cm³/mol. The van der Waals surface area contributed by atoms with Crippen molar-refractivity contribution in [2.75, 3.05) is 0 Å². The summed E-state index contributed by atoms with van der Waals surface area (Å²) in [5, 5.41) is 2.38. The van der Waals surface area contributed by atoms with E-state index in [1.54, 1.807) is 0 Å². The molecule has 0 aliphatic heterocycles. The maximum absolute atomic E-state index is 5.27. The number of nitrogens with zero attached hydrogens (tertiary/aromatic N) is 4. The summed E-state index contributed by atoms with van der Waals surface area (Å²) in [5.74, 6) is 1.88. The quantitative estimate of drug-likeness (QED) is 0.205. The Labute approximate surface area is 267 Å². The van der Waals surface area contributed by atoms with Gasteiger partial charge in [-0.25, -0.2) is 4.98 Å². The van der Waals surface area contributed by atoms with Crippen molar-refractivity contribution in [2.24, 2.45) is 0 Å². The van der Waals surface area contributed by atoms with Crippen molar-refractivity contribution in [3.63, 3.8) is 0 Å². The number of benzene rings is 6. The smallest absolute Gasteiger partial charge is 0.238 e. The lowest BCUT2D eigenvalue weighted by molar-refractivity contribution is 0.661. The van der Waals surface area contributed by atoms with Crippen LogP contribution in [-0.2, 0) is 5.41 Å². The molecule has 0 bridgehead atoms. The third-order valence-electron chi connectivity index (χ3n) is 9.48. The van der Waals surface area contributed by atoms with Crippen LogP contribution in [0.3, 0.4) is 0 Å². The number of aromatic nitrogens is 4. The summed E-state index contributed by atoms with van der Waals surface area (Å²) in [6.07, 6.45) is 0. The molecule has 0 radical (unpaired) electrons. The Hall–Kier alpha value is -5.87. The van der Waals surface area contributed by atoms with Crippen molar-refractivity contribution >= 4 is 21.8 Å². The van der Waals surface area contributed by atoms with Crippen molar-refractivity contribution in [1.82, 2.24) is 19.5 Å². The molecule has 0 atom stereocenters. The zero-order chi connectivity index (χ0) is 30.8. The zero-order valence-corrected chi connectivity index (χ0v) is 25.6. The standard InChI is InChI=1S/C42H30N4/c1-42(2)35-23-13-11-20-30(35)33-26-38-34(25-36(33)42)31-21-12-14-24-37(31)46(38)41-44-39(28-17-7-4-8-18-28)43-40(45-41)32-22-10-9-19-29(32)27-15-5-3-6-16-27/h3-26H,1-2H3. The summed E-state index contributed by atoms with van der Waals surface area (Å²) in [4.78, 5) is 15.5. The van der Waals surface area contributed by atoms with E-state index in [1.165, 1.54) is 33.0 Å². The van der Waals surface area contributed by atoms with Gasteiger partial charge in [-0.05, 0) is 51.6 Å². The third kappa shape index (κ3) is 3.97. The molecule has 0 saturated carbocycles. The molecule has 0 amide bonds. The predicted octanol–water partition coefficient (Wildman–Crippen LogP) is 10.3. The Kier molecular flexibility index (Phi) is 5.81. The van der Waals surface area contributed by atoms with Crippen LogP contribution >= 0.6 is 0 Å². The molecule has 0 saturated heterocycles. The Bertz CT molecular complexity index is 2440. The molecule has 218 valence electrons. The van der Waals surface area contributed by atoms with Gasteiger partial charge in [0.25, 0.3) is 0 Å². The van der Waals surface area contributed by atoms with Crippen LogP contribution in [0.4, 0.5) is 0 Å². The Morgan fingerprint density at radius 1 is 0.435 bits per heavy atom. The fourth-order valence-corrected chi connectivity index (χ4v) is 7.23. The first-order valence-corrected chi connectivity index (χ1v) is 15.7. The van der Waals surface area contributed by atoms with Gasteiger partial charge in [-0.15, -0.1) is 0 Å². The minimum atomic E-state index is -0.0920. The summed E-state index contributed by atoms with van der Waals surface area (Å²) < 4.78 is 2.22. The van der Waals surface area contributed by atoms with Crippen LogP contribution in [-0.4, -0.2) is 19.5 Å². The van der Waals surface area contributed by atoms with Crippen LogP contribution in [0.25, 0.3) is 72.8 Å². The van der Waals surface area contributed by atoms with Gasteiger partial charge in [-0.1, -0.05) is 141 Å². The van der Waals surface area contributed by atoms with E-state index in [1.807, 2.05) is 24.3 Å². The van der Waals surface area contributed by atoms with Gasteiger partial charge in [0.05, 0.1) is 11.0 Å². The maximum atomic E-state index is 5.27. The number of rotatable bonds is 4. The molecule has 2 aromatic heterocycles. The minimum absolute atomic E-state index is 0.0920. The number of hydrogen-bond acceptors (Lipinski definition) is 3. The van der Waals surface area contributed by atoms with Crippen molar-refractivity contribution < 1.29 is 0 Å². The summed E-state index contributed by atoms with van der Waals surface area (Å²) in [7, 11) is 0. The largest absolute Gasteiger partial charge is 0.278 e. The molecule has 1 aliphatic carbocycles. The van der Waals surface area contributed by atoms with Gasteiger partial charge >= 0.3 is 0 Å². The second kappa shape index (κ2) is 10.1. The van der Waals surface area contributed by atoms with Crippen LogP contribution in [0.2, 0.25) is 0 Å². The number of fused-ring (bicyclic) bond motifs is 6. The lowest BCUT2D eigenvalue weighted by Crippen LogP contribution is -2.14. The zero-order valence-electron chi connectivity index (χ0n) is 25.6. The molecule has 1 aliphatic rings. The van der Waals surface area contributed by atoms with Gasteiger partial charge in [0, 0.05) is 27.3 Å². The SMILES string of the molecule is CC1(C)c2ccccc2-c2cc3c(cc21)c1ccccc1n3-c1nc(-c2ccccc2)nc(-c2ccccc2-c2ccccc2)n1. The molecule has 4 nitrogen and oxygen atoms in total. The molecule has 8 aromatic rings. The van der Waals surface area contributed by atoms with E-state index < -0.39 is 0 Å². The monoisotopic (exact) mass is 590 g/mol. The van der Waals surface area contributed by atoms with Gasteiger partial charge in [-0.3, -0.25) is 4.57 Å². The summed E-state index contributed by atoms with van der Waals surface area (Å²) in [5.41, 5.74) is 11.4. The minimum Gasteiger partial charge on any atom is -0.278 e. The van der Waals surface area contributed by atoms with E-state index in [4.69, 9.17) is 15.0 Å². The van der Waals surface area contributed by atoms with Crippen LogP contribution in [0, 0.1) is 0 Å². The Balaban J connectivity index is 1.36. The summed E-state index contributed by atoms with van der Waals surface area (Å²) in [6, 6.07) is 51.1. The Morgan fingerprint density at radius 2 is 1.04 bits per heavy atom. The maximum Gasteiger partial charge on any atom is 0.238 e. The van der Waals surface area contributed by atoms with Gasteiger partial charge in [0.2, 0.25) is 5.95 Å². The highest BCUT2D eigenvalue weighted by Crippen LogP contribution is 2.50. The highest BCUT2D eigenvalue weighted by molar-refractivity contribution is 6.11. The van der Waals surface area contributed by atoms with Crippen LogP contribution in [0.1, 0.15) is 25.0 Å². The highest BCUT2D eigenvalue weighted by atomic mass is 15.2. The van der Waals surface area contributed by atoms with E-state index in [2.05, 4.69) is 140 Å². The molecule has 46 heavy (non-hydrogen) atoms. The first-order valence-electron chi connectivity index (χ1n) is 15.7. The normalized spacial score (nSPS) is 13.2. The van der Waals surface area contributed by atoms with Gasteiger partial charge in [-0.2, -0.15) is 9.97 Å². The van der Waals surface area contributed by atoms with E-state index in [9.17, 15) is 0 Å². The molecular formula is C42H30N4. The lowest BCUT2D eigenvalue weighted by atomic mass is 9.82. The van der Waals surface area contributed by atoms with Crippen molar-refractivity contribution in [3.8, 4) is 51.0 Å². The average molecular weight is 591 g/mol. The van der Waals surface area contributed by atoms with E-state index in [-0.39, 0.29) is 5.41 Å². The van der Waals surface area contributed by atoms with E-state index in [0.29, 0.717) is 17.6 Å². The molecule has 0 fully saturated rings. The molecule has 4 heteroatoms. The number of para-hydroxylation sites is 1. The lowest BCUT2D eigenvalue weighted by Gasteiger charge is -2.21. The topological polar surface area (TPSA) is 43.6 Å². The number of hydrogen-bond donors (Lipinski definition) is 0. The van der Waals surface area contributed by atoms with Gasteiger partial charge < -0.3 is 0 Å². The van der Waals surface area contributed by atoms with Gasteiger partial charge in [0.1, 0.15) is 0 Å². The molecule has 6 aromatic carbocycles. The first-order chi connectivity index (χ1) is 22.6. The molecule has 0 unspecified atom stereocenters. The molecule has 0 N–H and O–H groups in total. The van der Waals surface area contributed by atoms with Crippen molar-refractivity contribution in [2.45, 2.75) is 19.3 Å². The average Bonchev–Trinajstić information content (AvgIpc) is 3.56. The highest BCUT2D eigenvalue weighted by Gasteiger charge is 2.36. The second-order valence-electron chi connectivity index (χ2n) is 12.5. The van der Waals surface area contributed by atoms with E-state index >= 15 is 0 Å². The van der Waals surface area contributed by atoms with E-state index in [0.717, 1.165) is 33.3 Å². The second-order valence-corrected chi connectivity index (χ2v) is 12.5. The first kappa shape index (κ1) is 26.5.